The van der Waals surface area contributed by atoms with Gasteiger partial charge in [-0.2, -0.15) is 0 Å². The fourth-order valence-electron chi connectivity index (χ4n) is 4.23. The van der Waals surface area contributed by atoms with Crippen LogP contribution < -0.4 is 20.1 Å². The molecule has 1 aromatic carbocycles. The van der Waals surface area contributed by atoms with Crippen LogP contribution in [0.1, 0.15) is 21.7 Å². The quantitative estimate of drug-likeness (QED) is 0.172. The molecule has 45 heavy (non-hydrogen) atoms. The molecule has 0 fully saturated rings. The van der Waals surface area contributed by atoms with Crippen molar-refractivity contribution in [3.8, 4) is 34.1 Å². The highest BCUT2D eigenvalue weighted by molar-refractivity contribution is 7.14. The first kappa shape index (κ1) is 29.5. The van der Waals surface area contributed by atoms with E-state index in [0.29, 0.717) is 33.1 Å². The lowest BCUT2D eigenvalue weighted by molar-refractivity contribution is -0.115. The van der Waals surface area contributed by atoms with Gasteiger partial charge in [-0.05, 0) is 54.1 Å². The van der Waals surface area contributed by atoms with Gasteiger partial charge < -0.3 is 14.8 Å². The van der Waals surface area contributed by atoms with E-state index in [4.69, 9.17) is 9.47 Å². The average molecular weight is 636 g/mol. The van der Waals surface area contributed by atoms with Crippen LogP contribution in [0.5, 0.6) is 11.5 Å². The topological polar surface area (TPSA) is 141 Å². The molecule has 0 atom stereocenters. The molecule has 0 aliphatic carbocycles. The second kappa shape index (κ2) is 13.8. The molecule has 5 heterocycles. The minimum atomic E-state index is -0.380. The van der Waals surface area contributed by atoms with Crippen molar-refractivity contribution < 1.29 is 19.1 Å². The summed E-state index contributed by atoms with van der Waals surface area (Å²) in [4.78, 5) is 47.4. The molecule has 2 N–H and O–H groups in total. The molecule has 0 unspecified atom stereocenters. The fraction of sp³-hybridized carbons (Fsp3) is 0.0938. The van der Waals surface area contributed by atoms with Crippen LogP contribution in [-0.2, 0) is 17.8 Å². The lowest BCUT2D eigenvalue weighted by Gasteiger charge is -2.12. The molecule has 224 valence electrons. The second-order valence-corrected chi connectivity index (χ2v) is 11.2. The smallest absolute Gasteiger partial charge is 0.276 e. The highest BCUT2D eigenvalue weighted by Gasteiger charge is 2.15. The Hall–Kier alpha value is -5.53. The molecule has 13 heteroatoms. The number of nitrogens with zero attached hydrogens (tertiary/aromatic N) is 5. The molecule has 0 bridgehead atoms. The van der Waals surface area contributed by atoms with Crippen LogP contribution in [0.3, 0.4) is 0 Å². The van der Waals surface area contributed by atoms with Crippen LogP contribution in [0.25, 0.3) is 22.6 Å². The third kappa shape index (κ3) is 7.52. The predicted molar refractivity (Wildman–Crippen MR) is 173 cm³/mol. The molecule has 6 rings (SSSR count). The monoisotopic (exact) mass is 635 g/mol. The normalized spacial score (nSPS) is 10.7. The zero-order chi connectivity index (χ0) is 31.0. The Kier molecular flexibility index (Phi) is 9.08. The number of anilines is 2. The van der Waals surface area contributed by atoms with Gasteiger partial charge in [0.15, 0.2) is 21.8 Å². The van der Waals surface area contributed by atoms with Crippen molar-refractivity contribution in [2.75, 3.05) is 17.7 Å². The van der Waals surface area contributed by atoms with Crippen LogP contribution in [0.4, 0.5) is 10.3 Å². The average Bonchev–Trinajstić information content (AvgIpc) is 3.75. The Morgan fingerprint density at radius 1 is 0.800 bits per heavy atom. The largest absolute Gasteiger partial charge is 0.493 e. The lowest BCUT2D eigenvalue weighted by Crippen LogP contribution is -2.15. The molecule has 0 aliphatic rings. The number of carbonyl (C=O) groups excluding carboxylic acids is 2. The lowest BCUT2D eigenvalue weighted by atomic mass is 10.1. The number of nitrogens with one attached hydrogen (secondary N) is 2. The highest BCUT2D eigenvalue weighted by Crippen LogP contribution is 2.30. The summed E-state index contributed by atoms with van der Waals surface area (Å²) < 4.78 is 11.5. The molecular formula is C32H25N7O4S2. The molecule has 5 aromatic heterocycles. The predicted octanol–water partition coefficient (Wildman–Crippen LogP) is 6.14. The van der Waals surface area contributed by atoms with Crippen molar-refractivity contribution in [1.29, 1.82) is 0 Å². The Bertz CT molecular complexity index is 1930. The summed E-state index contributed by atoms with van der Waals surface area (Å²) in [5.41, 5.74) is 4.56. The van der Waals surface area contributed by atoms with Crippen LogP contribution >= 0.6 is 22.7 Å². The van der Waals surface area contributed by atoms with Crippen molar-refractivity contribution in [1.82, 2.24) is 24.9 Å². The number of amides is 2. The summed E-state index contributed by atoms with van der Waals surface area (Å²) in [5, 5.41) is 10.3. The van der Waals surface area contributed by atoms with Crippen LogP contribution in [0, 0.1) is 0 Å². The zero-order valence-corrected chi connectivity index (χ0v) is 25.5. The Morgan fingerprint density at radius 2 is 1.64 bits per heavy atom. The molecular weight excluding hydrogens is 611 g/mol. The fourth-order valence-corrected chi connectivity index (χ4v) is 5.67. The highest BCUT2D eigenvalue weighted by atomic mass is 32.1. The Morgan fingerprint density at radius 3 is 2.44 bits per heavy atom. The molecule has 2 amide bonds. The summed E-state index contributed by atoms with van der Waals surface area (Å²) >= 11 is 2.66. The second-order valence-electron chi connectivity index (χ2n) is 9.50. The van der Waals surface area contributed by atoms with E-state index in [1.54, 1.807) is 55.0 Å². The third-order valence-corrected chi connectivity index (χ3v) is 7.88. The number of hydrogen-bond acceptors (Lipinski definition) is 11. The van der Waals surface area contributed by atoms with E-state index in [0.717, 1.165) is 22.5 Å². The summed E-state index contributed by atoms with van der Waals surface area (Å²) in [6.07, 6.45) is 5.23. The van der Waals surface area contributed by atoms with Gasteiger partial charge in [-0.25, -0.2) is 15.0 Å². The van der Waals surface area contributed by atoms with Gasteiger partial charge in [0.25, 0.3) is 5.91 Å². The van der Waals surface area contributed by atoms with E-state index in [1.165, 1.54) is 29.8 Å². The minimum Gasteiger partial charge on any atom is -0.493 e. The molecule has 0 aliphatic heterocycles. The van der Waals surface area contributed by atoms with Gasteiger partial charge in [-0.1, -0.05) is 18.2 Å². The summed E-state index contributed by atoms with van der Waals surface area (Å²) in [7, 11) is 1.53. The standard InChI is InChI=1S/C32H25N7O4S2/c1-42-28-14-20(15-29(40)38-31-37-26(19-45-31)23-8-2-3-13-34-23)10-11-27(28)43-17-22-7-4-9-24(35-22)30(41)39-32-36-25(18-44-32)21-6-5-12-33-16-21/h2-14,16,18-19H,15,17H2,1H3,(H,36,39,41)(H,37,38,40). The van der Waals surface area contributed by atoms with E-state index in [2.05, 4.69) is 35.6 Å². The maximum Gasteiger partial charge on any atom is 0.276 e. The molecule has 6 aromatic rings. The Labute approximate surface area is 266 Å². The van der Waals surface area contributed by atoms with Crippen molar-refractivity contribution >= 4 is 44.8 Å². The SMILES string of the molecule is COc1cc(CC(=O)Nc2nc(-c3ccccn3)cs2)ccc1OCc1cccc(C(=O)Nc2nc(-c3cccnc3)cs2)n1. The summed E-state index contributed by atoms with van der Waals surface area (Å²) in [5.74, 6) is 0.353. The van der Waals surface area contributed by atoms with Crippen LogP contribution in [0.2, 0.25) is 0 Å². The molecule has 0 saturated heterocycles. The van der Waals surface area contributed by atoms with Gasteiger partial charge in [0.1, 0.15) is 18.0 Å². The van der Waals surface area contributed by atoms with E-state index in [1.807, 2.05) is 41.1 Å². The number of hydrogen-bond donors (Lipinski definition) is 2. The number of ether oxygens (including phenoxy) is 2. The van der Waals surface area contributed by atoms with Gasteiger partial charge in [-0.3, -0.25) is 24.9 Å². The third-order valence-electron chi connectivity index (χ3n) is 6.37. The summed E-state index contributed by atoms with van der Waals surface area (Å²) in [6, 6.07) is 19.7. The van der Waals surface area contributed by atoms with Crippen molar-refractivity contribution in [3.05, 3.63) is 113 Å². The number of pyridine rings is 3. The number of benzene rings is 1. The van der Waals surface area contributed by atoms with Crippen molar-refractivity contribution in [2.24, 2.45) is 0 Å². The van der Waals surface area contributed by atoms with Crippen LogP contribution in [0.15, 0.2) is 96.1 Å². The first-order chi connectivity index (χ1) is 22.0. The Balaban J connectivity index is 1.04. The first-order valence-electron chi connectivity index (χ1n) is 13.6. The summed E-state index contributed by atoms with van der Waals surface area (Å²) in [6.45, 7) is 0.0996. The van der Waals surface area contributed by atoms with Gasteiger partial charge in [-0.15, -0.1) is 22.7 Å². The van der Waals surface area contributed by atoms with E-state index >= 15 is 0 Å². The number of methoxy groups -OCH3 is 1. The molecule has 0 saturated carbocycles. The number of carbonyl (C=O) groups is 2. The maximum atomic E-state index is 12.9. The molecule has 0 radical (unpaired) electrons. The van der Waals surface area contributed by atoms with Gasteiger partial charge >= 0.3 is 0 Å². The number of thiazole rings is 2. The number of rotatable bonds is 11. The van der Waals surface area contributed by atoms with E-state index < -0.39 is 0 Å². The molecule has 11 nitrogen and oxygen atoms in total. The van der Waals surface area contributed by atoms with Gasteiger partial charge in [0.05, 0.1) is 30.6 Å². The maximum absolute atomic E-state index is 12.9. The van der Waals surface area contributed by atoms with E-state index in [9.17, 15) is 9.59 Å². The van der Waals surface area contributed by atoms with Crippen molar-refractivity contribution in [2.45, 2.75) is 13.0 Å². The van der Waals surface area contributed by atoms with Gasteiger partial charge in [0, 0.05) is 34.9 Å². The van der Waals surface area contributed by atoms with Gasteiger partial charge in [0.2, 0.25) is 5.91 Å². The first-order valence-corrected chi connectivity index (χ1v) is 15.4. The molecule has 0 spiro atoms. The van der Waals surface area contributed by atoms with Crippen molar-refractivity contribution in [3.63, 3.8) is 0 Å². The minimum absolute atomic E-state index is 0.0996. The zero-order valence-electron chi connectivity index (χ0n) is 23.8. The van der Waals surface area contributed by atoms with Crippen LogP contribution in [-0.4, -0.2) is 43.8 Å². The number of aromatic nitrogens is 5. The van der Waals surface area contributed by atoms with E-state index in [-0.39, 0.29) is 30.5 Å².